The number of rotatable bonds is 9. The van der Waals surface area contributed by atoms with E-state index in [4.69, 9.17) is 4.84 Å². The molecule has 162 valence electrons. The Labute approximate surface area is 190 Å². The van der Waals surface area contributed by atoms with E-state index in [0.717, 1.165) is 9.92 Å². The monoisotopic (exact) mass is 456 g/mol. The molecule has 1 aliphatic rings. The molecule has 1 aromatic heterocycles. The normalized spacial score (nSPS) is 19.0. The molecule has 0 radical (unpaired) electrons. The first-order valence-electron chi connectivity index (χ1n) is 9.93. The zero-order chi connectivity index (χ0) is 22.2. The van der Waals surface area contributed by atoms with Crippen molar-refractivity contribution in [2.24, 2.45) is 5.92 Å². The Morgan fingerprint density at radius 2 is 1.81 bits per heavy atom. The van der Waals surface area contributed by atoms with Crippen molar-refractivity contribution in [3.63, 3.8) is 0 Å². The van der Waals surface area contributed by atoms with Crippen molar-refractivity contribution in [3.05, 3.63) is 60.4 Å². The summed E-state index contributed by atoms with van der Waals surface area (Å²) in [5.74, 6) is -2.79. The molecule has 0 amide bonds. The molecule has 0 saturated heterocycles. The molecule has 1 fully saturated rings. The second-order valence-electron chi connectivity index (χ2n) is 6.94. The quantitative estimate of drug-likeness (QED) is 0.197. The molecule has 0 aliphatic heterocycles. The number of nitrogens with one attached hydrogen (secondary N) is 1. The predicted octanol–water partition coefficient (Wildman–Crippen LogP) is 4.21. The number of aromatic nitrogens is 1. The number of ketones is 3. The lowest BCUT2D eigenvalue weighted by Crippen LogP contribution is -2.37. The van der Waals surface area contributed by atoms with Gasteiger partial charge in [-0.25, -0.2) is 4.98 Å². The summed E-state index contributed by atoms with van der Waals surface area (Å²) in [6.45, 7) is 2.22. The minimum Gasteiger partial charge on any atom is -0.298 e. The molecule has 2 aromatic rings. The van der Waals surface area contributed by atoms with Gasteiger partial charge in [0.15, 0.2) is 17.3 Å². The van der Waals surface area contributed by atoms with E-state index in [0.29, 0.717) is 12.3 Å². The lowest BCUT2D eigenvalue weighted by atomic mass is 9.76. The van der Waals surface area contributed by atoms with Crippen LogP contribution in [0.4, 0.5) is 0 Å². The fourth-order valence-electron chi connectivity index (χ4n) is 3.32. The smallest absolute Gasteiger partial charge is 0.175 e. The molecule has 3 rings (SSSR count). The van der Waals surface area contributed by atoms with E-state index >= 15 is 0 Å². The van der Waals surface area contributed by atoms with E-state index in [-0.39, 0.29) is 30.3 Å². The number of pyridine rings is 1. The van der Waals surface area contributed by atoms with Gasteiger partial charge in [-0.1, -0.05) is 17.8 Å². The summed E-state index contributed by atoms with van der Waals surface area (Å²) in [5, 5.41) is 0.803. The minimum atomic E-state index is -1.23. The summed E-state index contributed by atoms with van der Waals surface area (Å²) in [6.07, 6.45) is 4.75. The van der Waals surface area contributed by atoms with E-state index in [9.17, 15) is 14.4 Å². The maximum atomic E-state index is 12.6. The van der Waals surface area contributed by atoms with Crippen LogP contribution < -0.4 is 5.48 Å². The molecule has 0 bridgehead atoms. The molecule has 0 spiro atoms. The standard InChI is InChI=1S/C23H24N2O4S2/c1-3-29-24-12-11-19(26)23-20(27)13-15(14-21(23)28)18-5-4-6-22(25-18)31-17-9-7-16(30-2)8-10-17/h4-12,15,23-24H,3,13-14H2,1-2H3. The first kappa shape index (κ1) is 23.2. The van der Waals surface area contributed by atoms with Gasteiger partial charge in [0.1, 0.15) is 10.9 Å². The van der Waals surface area contributed by atoms with E-state index in [1.807, 2.05) is 36.6 Å². The number of hydroxylamine groups is 1. The lowest BCUT2D eigenvalue weighted by Gasteiger charge is -2.24. The number of benzene rings is 1. The zero-order valence-electron chi connectivity index (χ0n) is 17.4. The number of allylic oxidation sites excluding steroid dienone is 1. The van der Waals surface area contributed by atoms with Crippen LogP contribution in [0.5, 0.6) is 0 Å². The van der Waals surface area contributed by atoms with Gasteiger partial charge >= 0.3 is 0 Å². The van der Waals surface area contributed by atoms with Gasteiger partial charge in [-0.2, -0.15) is 0 Å². The third-order valence-corrected chi connectivity index (χ3v) is 6.50. The highest BCUT2D eigenvalue weighted by Gasteiger charge is 2.40. The van der Waals surface area contributed by atoms with Gasteiger partial charge in [0, 0.05) is 46.5 Å². The van der Waals surface area contributed by atoms with Crippen LogP contribution in [0.15, 0.2) is 69.6 Å². The number of thioether (sulfide) groups is 1. The number of carbonyl (C=O) groups excluding carboxylic acids is 3. The largest absolute Gasteiger partial charge is 0.298 e. The summed E-state index contributed by atoms with van der Waals surface area (Å²) in [4.78, 5) is 49.3. The van der Waals surface area contributed by atoms with Gasteiger partial charge in [0.2, 0.25) is 0 Å². The van der Waals surface area contributed by atoms with E-state index in [1.165, 1.54) is 28.9 Å². The van der Waals surface area contributed by atoms with Gasteiger partial charge in [-0.3, -0.25) is 24.7 Å². The van der Waals surface area contributed by atoms with Crippen LogP contribution in [0.25, 0.3) is 0 Å². The van der Waals surface area contributed by atoms with E-state index in [1.54, 1.807) is 18.7 Å². The average Bonchev–Trinajstić information content (AvgIpc) is 2.77. The third kappa shape index (κ3) is 6.29. The van der Waals surface area contributed by atoms with Gasteiger partial charge in [-0.15, -0.1) is 11.8 Å². The van der Waals surface area contributed by atoms with Crippen molar-refractivity contribution in [2.75, 3.05) is 12.9 Å². The highest BCUT2D eigenvalue weighted by atomic mass is 32.2. The highest BCUT2D eigenvalue weighted by Crippen LogP contribution is 2.34. The SMILES string of the molecule is CCONC=CC(=O)C1C(=O)CC(c2cccc(Sc3ccc(SC)cc3)n2)CC1=O. The van der Waals surface area contributed by atoms with Crippen LogP contribution in [-0.4, -0.2) is 35.2 Å². The summed E-state index contributed by atoms with van der Waals surface area (Å²) in [7, 11) is 0. The van der Waals surface area contributed by atoms with Crippen LogP contribution in [0.3, 0.4) is 0 Å². The van der Waals surface area contributed by atoms with Crippen molar-refractivity contribution >= 4 is 40.9 Å². The van der Waals surface area contributed by atoms with E-state index < -0.39 is 11.7 Å². The minimum absolute atomic E-state index is 0.123. The number of nitrogens with zero attached hydrogens (tertiary/aromatic N) is 1. The molecule has 1 heterocycles. The fourth-order valence-corrected chi connectivity index (χ4v) is 4.54. The van der Waals surface area contributed by atoms with Crippen LogP contribution in [0, 0.1) is 5.92 Å². The summed E-state index contributed by atoms with van der Waals surface area (Å²) in [5.41, 5.74) is 3.17. The van der Waals surface area contributed by atoms with Crippen LogP contribution >= 0.6 is 23.5 Å². The second-order valence-corrected chi connectivity index (χ2v) is 8.91. The molecule has 8 heteroatoms. The summed E-state index contributed by atoms with van der Waals surface area (Å²) < 4.78 is 0. The van der Waals surface area contributed by atoms with Crippen molar-refractivity contribution in [1.82, 2.24) is 10.5 Å². The lowest BCUT2D eigenvalue weighted by molar-refractivity contribution is -0.141. The molecule has 0 atom stereocenters. The molecule has 31 heavy (non-hydrogen) atoms. The Kier molecular flexibility index (Phi) is 8.45. The third-order valence-electron chi connectivity index (χ3n) is 4.81. The maximum Gasteiger partial charge on any atom is 0.175 e. The first-order valence-corrected chi connectivity index (χ1v) is 12.0. The molecule has 0 unspecified atom stereocenters. The van der Waals surface area contributed by atoms with E-state index in [2.05, 4.69) is 22.6 Å². The molecule has 1 aromatic carbocycles. The van der Waals surface area contributed by atoms with Crippen molar-refractivity contribution < 1.29 is 19.2 Å². The zero-order valence-corrected chi connectivity index (χ0v) is 19.0. The highest BCUT2D eigenvalue weighted by molar-refractivity contribution is 7.99. The van der Waals surface area contributed by atoms with Gasteiger partial charge in [-0.05, 0) is 49.6 Å². The number of carbonyl (C=O) groups is 3. The summed E-state index contributed by atoms with van der Waals surface area (Å²) in [6, 6.07) is 13.8. The number of Topliss-reactive ketones (excluding diaryl/α,β-unsaturated/α-hetero) is 2. The Hall–Kier alpha value is -2.42. The number of hydrogen-bond acceptors (Lipinski definition) is 8. The first-order chi connectivity index (χ1) is 15.0. The van der Waals surface area contributed by atoms with Gasteiger partial charge < -0.3 is 0 Å². The molecule has 6 nitrogen and oxygen atoms in total. The molecular weight excluding hydrogens is 432 g/mol. The Balaban J connectivity index is 1.67. The molecule has 1 saturated carbocycles. The fraction of sp³-hybridized carbons (Fsp3) is 0.304. The maximum absolute atomic E-state index is 12.6. The Morgan fingerprint density at radius 1 is 1.13 bits per heavy atom. The second kappa shape index (κ2) is 11.3. The number of hydrogen-bond donors (Lipinski definition) is 1. The Morgan fingerprint density at radius 3 is 2.45 bits per heavy atom. The van der Waals surface area contributed by atoms with Crippen LogP contribution in [0.1, 0.15) is 31.4 Å². The average molecular weight is 457 g/mol. The van der Waals surface area contributed by atoms with Crippen molar-refractivity contribution in [1.29, 1.82) is 0 Å². The summed E-state index contributed by atoms with van der Waals surface area (Å²) >= 11 is 3.22. The molecule has 1 aliphatic carbocycles. The van der Waals surface area contributed by atoms with Crippen LogP contribution in [0.2, 0.25) is 0 Å². The molecule has 1 N–H and O–H groups in total. The van der Waals surface area contributed by atoms with Gasteiger partial charge in [0.25, 0.3) is 0 Å². The van der Waals surface area contributed by atoms with Crippen LogP contribution in [-0.2, 0) is 19.2 Å². The topological polar surface area (TPSA) is 85.4 Å². The van der Waals surface area contributed by atoms with Crippen molar-refractivity contribution in [3.8, 4) is 0 Å². The molecular formula is C23H24N2O4S2. The predicted molar refractivity (Wildman–Crippen MR) is 121 cm³/mol. The van der Waals surface area contributed by atoms with Crippen molar-refractivity contribution in [2.45, 2.75) is 40.5 Å². The van der Waals surface area contributed by atoms with Gasteiger partial charge in [0.05, 0.1) is 6.61 Å². The Bertz CT molecular complexity index is 958.